The molecule has 0 spiro atoms. The molecule has 1 aromatic heterocycles. The molecule has 0 unspecified atom stereocenters. The van der Waals surface area contributed by atoms with E-state index in [4.69, 9.17) is 9.84 Å². The van der Waals surface area contributed by atoms with Crippen LogP contribution in [0.2, 0.25) is 0 Å². The third-order valence-electron chi connectivity index (χ3n) is 2.14. The zero-order valence-electron chi connectivity index (χ0n) is 9.70. The molecule has 0 fully saturated rings. The second kappa shape index (κ2) is 5.67. The second-order valence-electron chi connectivity index (χ2n) is 3.56. The summed E-state index contributed by atoms with van der Waals surface area (Å²) in [5.74, 6) is -0.901. The Balaban J connectivity index is 1.83. The molecule has 0 saturated heterocycles. The molecule has 19 heavy (non-hydrogen) atoms. The van der Waals surface area contributed by atoms with E-state index in [9.17, 15) is 9.59 Å². The van der Waals surface area contributed by atoms with Gasteiger partial charge in [-0.15, -0.1) is 0 Å². The maximum absolute atomic E-state index is 11.5. The van der Waals surface area contributed by atoms with Gasteiger partial charge in [-0.25, -0.2) is 4.79 Å². The van der Waals surface area contributed by atoms with Gasteiger partial charge in [0, 0.05) is 6.07 Å². The van der Waals surface area contributed by atoms with E-state index >= 15 is 0 Å². The van der Waals surface area contributed by atoms with Gasteiger partial charge < -0.3 is 19.7 Å². The SMILES string of the molecule is O=C(COC(=O)c1ccc(O)cc1)Nc1ccon1. The Bertz CT molecular complexity index is 562. The van der Waals surface area contributed by atoms with Gasteiger partial charge in [0.15, 0.2) is 12.4 Å². The molecular weight excluding hydrogens is 252 g/mol. The van der Waals surface area contributed by atoms with Crippen molar-refractivity contribution in [1.82, 2.24) is 5.16 Å². The Kier molecular flexibility index (Phi) is 3.77. The number of nitrogens with zero attached hydrogens (tertiary/aromatic N) is 1. The first-order valence-electron chi connectivity index (χ1n) is 5.31. The molecule has 1 amide bonds. The molecule has 0 aliphatic heterocycles. The van der Waals surface area contributed by atoms with Crippen molar-refractivity contribution in [2.75, 3.05) is 11.9 Å². The van der Waals surface area contributed by atoms with Gasteiger partial charge in [-0.1, -0.05) is 5.16 Å². The van der Waals surface area contributed by atoms with E-state index in [-0.39, 0.29) is 17.1 Å². The van der Waals surface area contributed by atoms with Gasteiger partial charge in [0.1, 0.15) is 12.0 Å². The fourth-order valence-corrected chi connectivity index (χ4v) is 1.27. The summed E-state index contributed by atoms with van der Waals surface area (Å²) < 4.78 is 9.31. The van der Waals surface area contributed by atoms with Gasteiger partial charge in [-0.05, 0) is 24.3 Å². The average Bonchev–Trinajstić information content (AvgIpc) is 2.89. The fourth-order valence-electron chi connectivity index (χ4n) is 1.27. The lowest BCUT2D eigenvalue weighted by Gasteiger charge is -2.04. The first-order valence-corrected chi connectivity index (χ1v) is 5.31. The number of rotatable bonds is 4. The van der Waals surface area contributed by atoms with E-state index in [2.05, 4.69) is 15.0 Å². The van der Waals surface area contributed by atoms with Gasteiger partial charge in [0.05, 0.1) is 5.56 Å². The van der Waals surface area contributed by atoms with Crippen LogP contribution in [0.1, 0.15) is 10.4 Å². The van der Waals surface area contributed by atoms with Crippen LogP contribution in [0.3, 0.4) is 0 Å². The summed E-state index contributed by atoms with van der Waals surface area (Å²) in [5, 5.41) is 14.9. The molecule has 2 rings (SSSR count). The first-order chi connectivity index (χ1) is 9.15. The quantitative estimate of drug-likeness (QED) is 0.802. The smallest absolute Gasteiger partial charge is 0.338 e. The van der Waals surface area contributed by atoms with Crippen molar-refractivity contribution in [3.8, 4) is 5.75 Å². The van der Waals surface area contributed by atoms with Crippen LogP contribution < -0.4 is 5.32 Å². The van der Waals surface area contributed by atoms with E-state index in [0.29, 0.717) is 0 Å². The lowest BCUT2D eigenvalue weighted by atomic mass is 10.2. The van der Waals surface area contributed by atoms with Crippen molar-refractivity contribution in [3.05, 3.63) is 42.2 Å². The zero-order valence-corrected chi connectivity index (χ0v) is 9.70. The van der Waals surface area contributed by atoms with Crippen LogP contribution >= 0.6 is 0 Å². The molecule has 2 N–H and O–H groups in total. The predicted molar refractivity (Wildman–Crippen MR) is 63.5 cm³/mol. The number of esters is 1. The largest absolute Gasteiger partial charge is 0.508 e. The summed E-state index contributed by atoms with van der Waals surface area (Å²) >= 11 is 0. The number of hydrogen-bond donors (Lipinski definition) is 2. The number of ether oxygens (including phenoxy) is 1. The summed E-state index contributed by atoms with van der Waals surface area (Å²) in [6, 6.07) is 6.96. The van der Waals surface area contributed by atoms with Crippen molar-refractivity contribution in [2.24, 2.45) is 0 Å². The molecule has 98 valence electrons. The average molecular weight is 262 g/mol. The van der Waals surface area contributed by atoms with Crippen LogP contribution in [0, 0.1) is 0 Å². The van der Waals surface area contributed by atoms with E-state index in [1.807, 2.05) is 0 Å². The minimum absolute atomic E-state index is 0.0420. The van der Waals surface area contributed by atoms with Gasteiger partial charge in [0.2, 0.25) is 0 Å². The highest BCUT2D eigenvalue weighted by Gasteiger charge is 2.11. The number of carbonyl (C=O) groups excluding carboxylic acids is 2. The summed E-state index contributed by atoms with van der Waals surface area (Å²) in [5.41, 5.74) is 0.243. The molecule has 0 saturated carbocycles. The molecule has 0 radical (unpaired) electrons. The Morgan fingerprint density at radius 3 is 2.63 bits per heavy atom. The predicted octanol–water partition coefficient (Wildman–Crippen LogP) is 1.18. The lowest BCUT2D eigenvalue weighted by Crippen LogP contribution is -2.21. The maximum atomic E-state index is 11.5. The van der Waals surface area contributed by atoms with E-state index in [0.717, 1.165) is 0 Å². The number of carbonyl (C=O) groups is 2. The number of aromatic nitrogens is 1. The Labute approximate surface area is 107 Å². The minimum Gasteiger partial charge on any atom is -0.508 e. The van der Waals surface area contributed by atoms with Gasteiger partial charge in [0.25, 0.3) is 5.91 Å². The monoisotopic (exact) mass is 262 g/mol. The summed E-state index contributed by atoms with van der Waals surface area (Å²) in [4.78, 5) is 22.9. The maximum Gasteiger partial charge on any atom is 0.338 e. The van der Waals surface area contributed by atoms with E-state index in [1.54, 1.807) is 0 Å². The van der Waals surface area contributed by atoms with Crippen LogP contribution in [-0.2, 0) is 9.53 Å². The highest BCUT2D eigenvalue weighted by atomic mass is 16.5. The van der Waals surface area contributed by atoms with E-state index in [1.165, 1.54) is 36.6 Å². The van der Waals surface area contributed by atoms with Crippen molar-refractivity contribution >= 4 is 17.7 Å². The highest BCUT2D eigenvalue weighted by Crippen LogP contribution is 2.10. The van der Waals surface area contributed by atoms with Crippen LogP contribution in [0.25, 0.3) is 0 Å². The second-order valence-corrected chi connectivity index (χ2v) is 3.56. The number of amides is 1. The van der Waals surface area contributed by atoms with Gasteiger partial charge >= 0.3 is 5.97 Å². The number of aromatic hydroxyl groups is 1. The fraction of sp³-hybridized carbons (Fsp3) is 0.0833. The molecule has 2 aromatic rings. The minimum atomic E-state index is -0.657. The molecule has 0 atom stereocenters. The van der Waals surface area contributed by atoms with Gasteiger partial charge in [-0.2, -0.15) is 0 Å². The van der Waals surface area contributed by atoms with Crippen molar-refractivity contribution in [1.29, 1.82) is 0 Å². The number of phenols is 1. The van der Waals surface area contributed by atoms with Crippen molar-refractivity contribution in [3.63, 3.8) is 0 Å². The van der Waals surface area contributed by atoms with Crippen LogP contribution in [-0.4, -0.2) is 28.7 Å². The van der Waals surface area contributed by atoms with E-state index < -0.39 is 18.5 Å². The number of benzene rings is 1. The highest BCUT2D eigenvalue weighted by molar-refractivity contribution is 5.94. The lowest BCUT2D eigenvalue weighted by molar-refractivity contribution is -0.119. The number of nitrogens with one attached hydrogen (secondary N) is 1. The molecule has 0 bridgehead atoms. The van der Waals surface area contributed by atoms with Gasteiger partial charge in [-0.3, -0.25) is 4.79 Å². The molecular formula is C12H10N2O5. The third kappa shape index (κ3) is 3.56. The van der Waals surface area contributed by atoms with Crippen LogP contribution in [0.4, 0.5) is 5.82 Å². The van der Waals surface area contributed by atoms with Crippen molar-refractivity contribution < 1.29 is 24.0 Å². The Hall–Kier alpha value is -2.83. The number of anilines is 1. The number of phenolic OH excluding ortho intramolecular Hbond substituents is 1. The Morgan fingerprint density at radius 2 is 2.00 bits per heavy atom. The van der Waals surface area contributed by atoms with Crippen LogP contribution in [0.15, 0.2) is 41.1 Å². The summed E-state index contributed by atoms with van der Waals surface area (Å²) in [6.45, 7) is -0.438. The van der Waals surface area contributed by atoms with Crippen LogP contribution in [0.5, 0.6) is 5.75 Å². The first kappa shape index (κ1) is 12.6. The topological polar surface area (TPSA) is 102 Å². The molecule has 0 aliphatic carbocycles. The summed E-state index contributed by atoms with van der Waals surface area (Å²) in [6.07, 6.45) is 1.30. The zero-order chi connectivity index (χ0) is 13.7. The van der Waals surface area contributed by atoms with Crippen molar-refractivity contribution in [2.45, 2.75) is 0 Å². The molecule has 1 aromatic carbocycles. The molecule has 1 heterocycles. The third-order valence-corrected chi connectivity index (χ3v) is 2.14. The number of hydrogen-bond acceptors (Lipinski definition) is 6. The molecule has 7 heteroatoms. The molecule has 7 nitrogen and oxygen atoms in total. The summed E-state index contributed by atoms with van der Waals surface area (Å²) in [7, 11) is 0. The molecule has 0 aliphatic rings. The normalized spacial score (nSPS) is 9.89. The standard InChI is InChI=1S/C12H10N2O5/c15-9-3-1-8(2-4-9)12(17)18-7-11(16)13-10-5-6-19-14-10/h1-6,15H,7H2,(H,13,14,16). The Morgan fingerprint density at radius 1 is 1.26 bits per heavy atom.